The molecule has 0 saturated heterocycles. The Labute approximate surface area is 130 Å². The molecule has 1 aromatic carbocycles. The Morgan fingerprint density at radius 3 is 2.67 bits per heavy atom. The summed E-state index contributed by atoms with van der Waals surface area (Å²) in [6, 6.07) is 4.75. The Balaban J connectivity index is 1.92. The normalized spacial score (nSPS) is 25.6. The van der Waals surface area contributed by atoms with Gasteiger partial charge in [0.1, 0.15) is 0 Å². The van der Waals surface area contributed by atoms with Crippen molar-refractivity contribution >= 4 is 23.2 Å². The highest BCUT2D eigenvalue weighted by molar-refractivity contribution is 6.31. The number of halogens is 1. The second-order valence-corrected chi connectivity index (χ2v) is 6.47. The zero-order valence-corrected chi connectivity index (χ0v) is 13.1. The summed E-state index contributed by atoms with van der Waals surface area (Å²) in [5.41, 5.74) is 5.77. The van der Waals surface area contributed by atoms with Crippen molar-refractivity contribution in [2.45, 2.75) is 44.6 Å². The molecule has 0 unspecified atom stereocenters. The molecule has 0 atom stereocenters. The van der Waals surface area contributed by atoms with Gasteiger partial charge in [0.05, 0.1) is 5.60 Å². The molecule has 1 saturated carbocycles. The Morgan fingerprint density at radius 2 is 2.10 bits per heavy atom. The lowest BCUT2D eigenvalue weighted by atomic mass is 9.78. The van der Waals surface area contributed by atoms with Crippen LogP contribution < -0.4 is 11.1 Å². The van der Waals surface area contributed by atoms with Crippen LogP contribution in [0, 0.1) is 5.92 Å². The number of aliphatic hydroxyl groups is 1. The van der Waals surface area contributed by atoms with E-state index in [0.29, 0.717) is 22.2 Å². The third-order valence-corrected chi connectivity index (χ3v) is 4.59. The van der Waals surface area contributed by atoms with Gasteiger partial charge in [-0.3, -0.25) is 4.79 Å². The van der Waals surface area contributed by atoms with Crippen molar-refractivity contribution in [1.29, 1.82) is 0 Å². The Bertz CT molecular complexity index is 491. The van der Waals surface area contributed by atoms with Gasteiger partial charge in [0.15, 0.2) is 0 Å². The quantitative estimate of drug-likeness (QED) is 0.748. The van der Waals surface area contributed by atoms with E-state index >= 15 is 0 Å². The number of nitrogen functional groups attached to an aromatic ring is 1. The van der Waals surface area contributed by atoms with E-state index in [4.69, 9.17) is 17.3 Å². The molecule has 5 heteroatoms. The van der Waals surface area contributed by atoms with Gasteiger partial charge in [-0.2, -0.15) is 0 Å². The Kier molecular flexibility index (Phi) is 5.12. The Morgan fingerprint density at radius 1 is 1.43 bits per heavy atom. The van der Waals surface area contributed by atoms with Crippen LogP contribution in [0.3, 0.4) is 0 Å². The molecule has 1 fully saturated rings. The van der Waals surface area contributed by atoms with Crippen LogP contribution in [0.2, 0.25) is 5.02 Å². The van der Waals surface area contributed by atoms with Crippen molar-refractivity contribution in [2.24, 2.45) is 5.92 Å². The molecule has 1 aliphatic rings. The van der Waals surface area contributed by atoms with Crippen LogP contribution in [0.25, 0.3) is 0 Å². The van der Waals surface area contributed by atoms with E-state index < -0.39 is 5.60 Å². The molecule has 4 nitrogen and oxygen atoms in total. The Hall–Kier alpha value is -1.26. The summed E-state index contributed by atoms with van der Waals surface area (Å²) in [4.78, 5) is 12.1. The third-order valence-electron chi connectivity index (χ3n) is 4.37. The van der Waals surface area contributed by atoms with E-state index in [-0.39, 0.29) is 12.5 Å². The summed E-state index contributed by atoms with van der Waals surface area (Å²) in [5, 5.41) is 13.8. The fourth-order valence-electron chi connectivity index (χ4n) is 2.89. The van der Waals surface area contributed by atoms with Gasteiger partial charge in [-0.25, -0.2) is 0 Å². The monoisotopic (exact) mass is 310 g/mol. The number of hydrogen-bond donors (Lipinski definition) is 3. The number of rotatable bonds is 4. The number of nitrogens with one attached hydrogen (secondary N) is 1. The van der Waals surface area contributed by atoms with Gasteiger partial charge < -0.3 is 16.2 Å². The molecular formula is C16H23ClN2O2. The van der Waals surface area contributed by atoms with Crippen molar-refractivity contribution in [3.8, 4) is 0 Å². The number of benzene rings is 1. The molecule has 1 aromatic rings. The minimum absolute atomic E-state index is 0.254. The number of anilines is 1. The second-order valence-electron chi connectivity index (χ2n) is 6.03. The molecule has 1 aliphatic carbocycles. The number of amides is 1. The minimum Gasteiger partial charge on any atom is -0.399 e. The average Bonchev–Trinajstić information content (AvgIpc) is 2.45. The zero-order valence-electron chi connectivity index (χ0n) is 12.4. The van der Waals surface area contributed by atoms with Crippen molar-refractivity contribution in [1.82, 2.24) is 5.32 Å². The molecule has 116 valence electrons. The van der Waals surface area contributed by atoms with E-state index in [1.807, 2.05) is 0 Å². The zero-order chi connectivity index (χ0) is 15.5. The molecule has 0 bridgehead atoms. The first kappa shape index (κ1) is 16.1. The molecule has 0 aromatic heterocycles. The van der Waals surface area contributed by atoms with Crippen LogP contribution in [0.15, 0.2) is 18.2 Å². The maximum Gasteiger partial charge on any atom is 0.251 e. The summed E-state index contributed by atoms with van der Waals surface area (Å²) in [7, 11) is 0. The van der Waals surface area contributed by atoms with E-state index in [1.54, 1.807) is 18.2 Å². The fourth-order valence-corrected chi connectivity index (χ4v) is 3.13. The van der Waals surface area contributed by atoms with Crippen molar-refractivity contribution in [3.63, 3.8) is 0 Å². The number of nitrogens with two attached hydrogens (primary N) is 1. The van der Waals surface area contributed by atoms with Gasteiger partial charge in [0.2, 0.25) is 0 Å². The van der Waals surface area contributed by atoms with Gasteiger partial charge in [-0.1, -0.05) is 24.9 Å². The highest BCUT2D eigenvalue weighted by Gasteiger charge is 2.32. The first-order valence-electron chi connectivity index (χ1n) is 7.48. The predicted octanol–water partition coefficient (Wildman–Crippen LogP) is 2.98. The number of carbonyl (C=O) groups excluding carboxylic acids is 1. The summed E-state index contributed by atoms with van der Waals surface area (Å²) < 4.78 is 0. The molecule has 2 rings (SSSR count). The maximum absolute atomic E-state index is 12.1. The maximum atomic E-state index is 12.1. The molecule has 4 N–H and O–H groups in total. The predicted molar refractivity (Wildman–Crippen MR) is 85.4 cm³/mol. The molecule has 0 spiro atoms. The minimum atomic E-state index is -0.786. The standard InChI is InChI=1S/C16H23ClN2O2/c1-2-11-3-5-16(21,6-4-11)10-19-15(20)12-7-13(17)9-14(18)8-12/h7-9,11,21H,2-6,10,18H2,1H3,(H,19,20). The van der Waals surface area contributed by atoms with Crippen LogP contribution in [0.5, 0.6) is 0 Å². The van der Waals surface area contributed by atoms with Crippen molar-refractivity contribution < 1.29 is 9.90 Å². The summed E-state index contributed by atoms with van der Waals surface area (Å²) in [6.45, 7) is 2.45. The van der Waals surface area contributed by atoms with Gasteiger partial charge in [-0.15, -0.1) is 0 Å². The van der Waals surface area contributed by atoms with Crippen LogP contribution in [-0.4, -0.2) is 23.2 Å². The fraction of sp³-hybridized carbons (Fsp3) is 0.562. The first-order valence-corrected chi connectivity index (χ1v) is 7.86. The molecule has 0 radical (unpaired) electrons. The molecule has 1 amide bonds. The largest absolute Gasteiger partial charge is 0.399 e. The lowest BCUT2D eigenvalue weighted by Crippen LogP contribution is -2.45. The van der Waals surface area contributed by atoms with Crippen LogP contribution in [0.4, 0.5) is 5.69 Å². The van der Waals surface area contributed by atoms with Gasteiger partial charge in [-0.05, 0) is 49.8 Å². The number of hydrogen-bond acceptors (Lipinski definition) is 3. The topological polar surface area (TPSA) is 75.3 Å². The smallest absolute Gasteiger partial charge is 0.251 e. The molecule has 0 heterocycles. The van der Waals surface area contributed by atoms with Gasteiger partial charge in [0, 0.05) is 22.8 Å². The van der Waals surface area contributed by atoms with Crippen LogP contribution in [-0.2, 0) is 0 Å². The van der Waals surface area contributed by atoms with E-state index in [0.717, 1.165) is 32.1 Å². The lowest BCUT2D eigenvalue weighted by Gasteiger charge is -2.35. The van der Waals surface area contributed by atoms with Crippen molar-refractivity contribution in [3.05, 3.63) is 28.8 Å². The summed E-state index contributed by atoms with van der Waals surface area (Å²) >= 11 is 5.89. The highest BCUT2D eigenvalue weighted by atomic mass is 35.5. The molecule has 21 heavy (non-hydrogen) atoms. The van der Waals surface area contributed by atoms with Crippen LogP contribution in [0.1, 0.15) is 49.4 Å². The van der Waals surface area contributed by atoms with E-state index in [2.05, 4.69) is 12.2 Å². The molecule has 0 aliphatic heterocycles. The van der Waals surface area contributed by atoms with Gasteiger partial charge >= 0.3 is 0 Å². The average molecular weight is 311 g/mol. The third kappa shape index (κ3) is 4.35. The first-order chi connectivity index (χ1) is 9.92. The van der Waals surface area contributed by atoms with Crippen LogP contribution >= 0.6 is 11.6 Å². The highest BCUT2D eigenvalue weighted by Crippen LogP contribution is 2.33. The van der Waals surface area contributed by atoms with Gasteiger partial charge in [0.25, 0.3) is 5.91 Å². The second kappa shape index (κ2) is 6.67. The van der Waals surface area contributed by atoms with E-state index in [1.165, 1.54) is 0 Å². The summed E-state index contributed by atoms with van der Waals surface area (Å²) in [6.07, 6.45) is 4.68. The SMILES string of the molecule is CCC1CCC(O)(CNC(=O)c2cc(N)cc(Cl)c2)CC1. The van der Waals surface area contributed by atoms with Crippen molar-refractivity contribution in [2.75, 3.05) is 12.3 Å². The number of carbonyl (C=O) groups is 1. The molecular weight excluding hydrogens is 288 g/mol. The lowest BCUT2D eigenvalue weighted by molar-refractivity contribution is -0.00786. The van der Waals surface area contributed by atoms with E-state index in [9.17, 15) is 9.90 Å². The summed E-state index contributed by atoms with van der Waals surface area (Å²) in [5.74, 6) is 0.448.